The van der Waals surface area contributed by atoms with Gasteiger partial charge in [0.05, 0.1) is 5.41 Å². The fourth-order valence-electron chi connectivity index (χ4n) is 3.35. The van der Waals surface area contributed by atoms with E-state index in [1.165, 1.54) is 11.1 Å². The predicted octanol–water partition coefficient (Wildman–Crippen LogP) is 7.75. The molecule has 2 aromatic rings. The zero-order chi connectivity index (χ0) is 23.4. The van der Waals surface area contributed by atoms with Gasteiger partial charge in [0, 0.05) is 5.92 Å². The first-order valence-corrected chi connectivity index (χ1v) is 11.6. The zero-order valence-electron chi connectivity index (χ0n) is 20.9. The summed E-state index contributed by atoms with van der Waals surface area (Å²) in [6.45, 7) is 18.7. The van der Waals surface area contributed by atoms with Crippen molar-refractivity contribution in [2.24, 2.45) is 5.41 Å². The van der Waals surface area contributed by atoms with Gasteiger partial charge >= 0.3 is 5.97 Å². The normalized spacial score (nSPS) is 13.1. The number of hydrogen-bond acceptors (Lipinski definition) is 3. The summed E-state index contributed by atoms with van der Waals surface area (Å²) in [5.74, 6) is 1.64. The third-order valence-electron chi connectivity index (χ3n) is 6.89. The highest BCUT2D eigenvalue weighted by Gasteiger charge is 2.28. The van der Waals surface area contributed by atoms with Gasteiger partial charge in [-0.15, -0.1) is 0 Å². The van der Waals surface area contributed by atoms with Gasteiger partial charge in [-0.05, 0) is 88.3 Å². The molecule has 0 saturated heterocycles. The van der Waals surface area contributed by atoms with Gasteiger partial charge in [0.15, 0.2) is 0 Å². The third kappa shape index (κ3) is 5.90. The summed E-state index contributed by atoms with van der Waals surface area (Å²) in [6, 6.07) is 12.6. The number of rotatable bonds is 9. The Kier molecular flexibility index (Phi) is 7.97. The molecule has 1 atom stereocenters. The highest BCUT2D eigenvalue weighted by atomic mass is 16.5. The summed E-state index contributed by atoms with van der Waals surface area (Å²) in [4.78, 5) is 12.4. The summed E-state index contributed by atoms with van der Waals surface area (Å²) in [5, 5.41) is 0. The van der Waals surface area contributed by atoms with Crippen LogP contribution in [0.15, 0.2) is 36.4 Å². The van der Waals surface area contributed by atoms with Crippen LogP contribution in [-0.4, -0.2) is 11.6 Å². The van der Waals surface area contributed by atoms with Crippen LogP contribution in [0.4, 0.5) is 0 Å². The summed E-state index contributed by atoms with van der Waals surface area (Å²) < 4.78 is 12.0. The Morgan fingerprint density at radius 1 is 0.839 bits per heavy atom. The Bertz CT molecular complexity index is 906. The van der Waals surface area contributed by atoms with Crippen LogP contribution < -0.4 is 9.47 Å². The van der Waals surface area contributed by atoms with E-state index >= 15 is 0 Å². The Labute approximate surface area is 189 Å². The van der Waals surface area contributed by atoms with Crippen molar-refractivity contribution in [1.29, 1.82) is 0 Å². The van der Waals surface area contributed by atoms with Crippen molar-refractivity contribution < 1.29 is 14.3 Å². The van der Waals surface area contributed by atoms with E-state index in [9.17, 15) is 4.79 Å². The van der Waals surface area contributed by atoms with E-state index in [1.807, 2.05) is 33.8 Å². The molecule has 0 heterocycles. The lowest BCUT2D eigenvalue weighted by atomic mass is 9.90. The Morgan fingerprint density at radius 3 is 1.74 bits per heavy atom. The first-order valence-electron chi connectivity index (χ1n) is 11.6. The highest BCUT2D eigenvalue weighted by molar-refractivity contribution is 5.78. The van der Waals surface area contributed by atoms with Gasteiger partial charge in [0.2, 0.25) is 0 Å². The number of ether oxygens (including phenoxy) is 2. The molecule has 0 fully saturated rings. The molecule has 0 bridgehead atoms. The van der Waals surface area contributed by atoms with Crippen LogP contribution in [0.3, 0.4) is 0 Å². The SMILES string of the molecule is CCC(C)(CC)Oc1ccc(C(C)c2ccc(OC(=O)C(C)(C)CC)c(C)c2)cc1C. The van der Waals surface area contributed by atoms with Gasteiger partial charge in [-0.2, -0.15) is 0 Å². The van der Waals surface area contributed by atoms with Crippen LogP contribution in [0.2, 0.25) is 0 Å². The van der Waals surface area contributed by atoms with Crippen molar-refractivity contribution >= 4 is 5.97 Å². The fraction of sp³-hybridized carbons (Fsp3) is 0.536. The minimum atomic E-state index is -0.481. The number of benzene rings is 2. The monoisotopic (exact) mass is 424 g/mol. The maximum Gasteiger partial charge on any atom is 0.316 e. The lowest BCUT2D eigenvalue weighted by molar-refractivity contribution is -0.144. The molecule has 2 aromatic carbocycles. The summed E-state index contributed by atoms with van der Waals surface area (Å²) >= 11 is 0. The van der Waals surface area contributed by atoms with Gasteiger partial charge < -0.3 is 9.47 Å². The molecule has 3 nitrogen and oxygen atoms in total. The number of carbonyl (C=O) groups excluding carboxylic acids is 1. The largest absolute Gasteiger partial charge is 0.487 e. The molecule has 170 valence electrons. The van der Waals surface area contributed by atoms with E-state index < -0.39 is 5.41 Å². The predicted molar refractivity (Wildman–Crippen MR) is 129 cm³/mol. The molecule has 0 saturated carbocycles. The van der Waals surface area contributed by atoms with Crippen LogP contribution in [0, 0.1) is 19.3 Å². The molecule has 0 aliphatic carbocycles. The van der Waals surface area contributed by atoms with Crippen LogP contribution in [0.1, 0.15) is 95.9 Å². The van der Waals surface area contributed by atoms with E-state index in [0.29, 0.717) is 5.75 Å². The van der Waals surface area contributed by atoms with E-state index in [0.717, 1.165) is 36.1 Å². The van der Waals surface area contributed by atoms with Crippen molar-refractivity contribution in [3.63, 3.8) is 0 Å². The molecule has 0 aromatic heterocycles. The van der Waals surface area contributed by atoms with Crippen LogP contribution in [0.25, 0.3) is 0 Å². The van der Waals surface area contributed by atoms with Crippen molar-refractivity contribution in [2.75, 3.05) is 0 Å². The van der Waals surface area contributed by atoms with Crippen molar-refractivity contribution in [1.82, 2.24) is 0 Å². The van der Waals surface area contributed by atoms with Crippen LogP contribution in [0.5, 0.6) is 11.5 Å². The minimum Gasteiger partial charge on any atom is -0.487 e. The number of hydrogen-bond donors (Lipinski definition) is 0. The molecular formula is C28H40O3. The topological polar surface area (TPSA) is 35.5 Å². The maximum absolute atomic E-state index is 12.4. The Balaban J connectivity index is 2.21. The van der Waals surface area contributed by atoms with Crippen molar-refractivity contribution in [3.05, 3.63) is 58.7 Å². The highest BCUT2D eigenvalue weighted by Crippen LogP contribution is 2.33. The molecule has 3 heteroatoms. The molecule has 0 amide bonds. The van der Waals surface area contributed by atoms with E-state index in [1.54, 1.807) is 0 Å². The average molecular weight is 425 g/mol. The molecule has 1 unspecified atom stereocenters. The minimum absolute atomic E-state index is 0.130. The number of carbonyl (C=O) groups is 1. The molecule has 0 aliphatic heterocycles. The van der Waals surface area contributed by atoms with Gasteiger partial charge in [-0.3, -0.25) is 4.79 Å². The molecule has 2 rings (SSSR count). The standard InChI is InChI=1S/C28H40O3/c1-10-27(7,8)26(29)30-24-15-13-22(17-19(24)4)21(6)23-14-16-25(20(5)18-23)31-28(9,11-2)12-3/h13-18,21H,10-12H2,1-9H3. The van der Waals surface area contributed by atoms with Gasteiger partial charge in [0.1, 0.15) is 17.1 Å². The Morgan fingerprint density at radius 2 is 1.32 bits per heavy atom. The Hall–Kier alpha value is -2.29. The molecule has 0 N–H and O–H groups in total. The molecule has 0 radical (unpaired) electrons. The van der Waals surface area contributed by atoms with Crippen LogP contribution >= 0.6 is 0 Å². The van der Waals surface area contributed by atoms with Gasteiger partial charge in [0.25, 0.3) is 0 Å². The third-order valence-corrected chi connectivity index (χ3v) is 6.89. The number of esters is 1. The zero-order valence-corrected chi connectivity index (χ0v) is 20.9. The first kappa shape index (κ1) is 25.0. The second-order valence-electron chi connectivity index (χ2n) is 9.66. The second kappa shape index (κ2) is 9.89. The maximum atomic E-state index is 12.4. The first-order chi connectivity index (χ1) is 14.5. The second-order valence-corrected chi connectivity index (χ2v) is 9.66. The summed E-state index contributed by atoms with van der Waals surface area (Å²) in [5.41, 5.74) is 3.97. The lowest BCUT2D eigenvalue weighted by Crippen LogP contribution is -2.30. The van der Waals surface area contributed by atoms with E-state index in [2.05, 4.69) is 65.0 Å². The van der Waals surface area contributed by atoms with Crippen molar-refractivity contribution in [2.45, 2.75) is 93.1 Å². The number of aryl methyl sites for hydroxylation is 2. The summed E-state index contributed by atoms with van der Waals surface area (Å²) in [7, 11) is 0. The quantitative estimate of drug-likeness (QED) is 0.305. The fourth-order valence-corrected chi connectivity index (χ4v) is 3.35. The van der Waals surface area contributed by atoms with Crippen molar-refractivity contribution in [3.8, 4) is 11.5 Å². The summed E-state index contributed by atoms with van der Waals surface area (Å²) in [6.07, 6.45) is 2.70. The molecule has 0 spiro atoms. The van der Waals surface area contributed by atoms with E-state index in [4.69, 9.17) is 9.47 Å². The molecular weight excluding hydrogens is 384 g/mol. The van der Waals surface area contributed by atoms with E-state index in [-0.39, 0.29) is 17.5 Å². The molecule has 0 aliphatic rings. The van der Waals surface area contributed by atoms with Gasteiger partial charge in [-0.25, -0.2) is 0 Å². The molecule has 31 heavy (non-hydrogen) atoms. The average Bonchev–Trinajstić information content (AvgIpc) is 2.75. The smallest absolute Gasteiger partial charge is 0.316 e. The van der Waals surface area contributed by atoms with Gasteiger partial charge in [-0.1, -0.05) is 52.0 Å². The lowest BCUT2D eigenvalue weighted by Gasteiger charge is -2.29. The van der Waals surface area contributed by atoms with Crippen LogP contribution in [-0.2, 0) is 4.79 Å².